The van der Waals surface area contributed by atoms with Gasteiger partial charge in [-0.15, -0.1) is 11.3 Å². The van der Waals surface area contributed by atoms with Crippen LogP contribution in [0, 0.1) is 11.3 Å². The fourth-order valence-corrected chi connectivity index (χ4v) is 4.08. The van der Waals surface area contributed by atoms with Crippen LogP contribution in [0.4, 0.5) is 5.00 Å². The molecule has 112 valence electrons. The Balaban J connectivity index is 1.67. The fraction of sp³-hybridized carbons (Fsp3) is 0.600. The molecule has 0 spiro atoms. The second-order valence-corrected chi connectivity index (χ2v) is 6.56. The number of nitrogens with one attached hydrogen (secondary N) is 2. The molecule has 0 aliphatic carbocycles. The summed E-state index contributed by atoms with van der Waals surface area (Å²) in [6, 6.07) is 4.35. The average Bonchev–Trinajstić information content (AvgIpc) is 3.16. The Kier molecular flexibility index (Phi) is 4.54. The van der Waals surface area contributed by atoms with Gasteiger partial charge in [-0.3, -0.25) is 9.69 Å². The first kappa shape index (κ1) is 14.5. The van der Waals surface area contributed by atoms with Crippen molar-refractivity contribution in [3.63, 3.8) is 0 Å². The maximum atomic E-state index is 12.6. The molecule has 2 aliphatic rings. The van der Waals surface area contributed by atoms with Crippen molar-refractivity contribution < 1.29 is 4.79 Å². The van der Waals surface area contributed by atoms with Gasteiger partial charge in [-0.05, 0) is 56.8 Å². The Bertz CT molecular complexity index is 544. The van der Waals surface area contributed by atoms with Gasteiger partial charge in [0.15, 0.2) is 0 Å². The molecule has 1 atom stereocenters. The number of carbonyl (C=O) groups is 1. The summed E-state index contributed by atoms with van der Waals surface area (Å²) in [5, 5.41) is 17.9. The summed E-state index contributed by atoms with van der Waals surface area (Å²) >= 11 is 1.42. The standard InChI is InChI=1S/C15H20N4OS/c16-10-11-5-9-21-15(11)18-14(20)13-2-1-8-19(13)12-3-6-17-7-4-12/h5,9,12-13,17H,1-4,6-8H2,(H,18,20). The first-order valence-electron chi connectivity index (χ1n) is 7.54. The normalized spacial score (nSPS) is 23.9. The van der Waals surface area contributed by atoms with Crippen molar-refractivity contribution >= 4 is 22.2 Å². The lowest BCUT2D eigenvalue weighted by atomic mass is 10.0. The maximum Gasteiger partial charge on any atom is 0.242 e. The predicted molar refractivity (Wildman–Crippen MR) is 83.3 cm³/mol. The molecule has 0 radical (unpaired) electrons. The second-order valence-electron chi connectivity index (χ2n) is 5.64. The highest BCUT2D eigenvalue weighted by atomic mass is 32.1. The summed E-state index contributed by atoms with van der Waals surface area (Å²) in [5.74, 6) is 0.0463. The zero-order chi connectivity index (χ0) is 14.7. The number of anilines is 1. The van der Waals surface area contributed by atoms with Gasteiger partial charge in [0.2, 0.25) is 5.91 Å². The Morgan fingerprint density at radius 1 is 1.43 bits per heavy atom. The van der Waals surface area contributed by atoms with Crippen LogP contribution in [0.2, 0.25) is 0 Å². The SMILES string of the molecule is N#Cc1ccsc1NC(=O)C1CCCN1C1CCNCC1. The van der Waals surface area contributed by atoms with Gasteiger partial charge in [-0.2, -0.15) is 5.26 Å². The topological polar surface area (TPSA) is 68.2 Å². The van der Waals surface area contributed by atoms with Crippen LogP contribution in [0.15, 0.2) is 11.4 Å². The van der Waals surface area contributed by atoms with Crippen LogP contribution in [-0.2, 0) is 4.79 Å². The number of amides is 1. The molecule has 2 fully saturated rings. The van der Waals surface area contributed by atoms with Crippen LogP contribution in [0.5, 0.6) is 0 Å². The molecule has 5 nitrogen and oxygen atoms in total. The highest BCUT2D eigenvalue weighted by Crippen LogP contribution is 2.27. The van der Waals surface area contributed by atoms with E-state index >= 15 is 0 Å². The number of rotatable bonds is 3. The van der Waals surface area contributed by atoms with E-state index in [1.165, 1.54) is 11.3 Å². The second kappa shape index (κ2) is 6.56. The third-order valence-electron chi connectivity index (χ3n) is 4.40. The Labute approximate surface area is 128 Å². The van der Waals surface area contributed by atoms with Crippen molar-refractivity contribution in [3.05, 3.63) is 17.0 Å². The van der Waals surface area contributed by atoms with E-state index in [-0.39, 0.29) is 11.9 Å². The number of likely N-dealkylation sites (tertiary alicyclic amines) is 1. The Morgan fingerprint density at radius 2 is 2.24 bits per heavy atom. The number of hydrogen-bond donors (Lipinski definition) is 2. The zero-order valence-electron chi connectivity index (χ0n) is 12.0. The van der Waals surface area contributed by atoms with E-state index in [1.54, 1.807) is 6.07 Å². The van der Waals surface area contributed by atoms with E-state index in [2.05, 4.69) is 21.6 Å². The minimum absolute atomic E-state index is 0.0401. The molecule has 1 aromatic heterocycles. The van der Waals surface area contributed by atoms with Crippen molar-refractivity contribution in [1.82, 2.24) is 10.2 Å². The monoisotopic (exact) mass is 304 g/mol. The minimum atomic E-state index is -0.0401. The third-order valence-corrected chi connectivity index (χ3v) is 5.23. The molecule has 6 heteroatoms. The van der Waals surface area contributed by atoms with Gasteiger partial charge < -0.3 is 10.6 Å². The minimum Gasteiger partial charge on any atom is -0.317 e. The van der Waals surface area contributed by atoms with Crippen LogP contribution < -0.4 is 10.6 Å². The van der Waals surface area contributed by atoms with Gasteiger partial charge in [0, 0.05) is 6.04 Å². The summed E-state index contributed by atoms with van der Waals surface area (Å²) < 4.78 is 0. The van der Waals surface area contributed by atoms with Gasteiger partial charge in [0.25, 0.3) is 0 Å². The van der Waals surface area contributed by atoms with Crippen molar-refractivity contribution in [2.24, 2.45) is 0 Å². The number of piperidine rings is 1. The van der Waals surface area contributed by atoms with Crippen LogP contribution in [0.1, 0.15) is 31.2 Å². The number of nitrogens with zero attached hydrogens (tertiary/aromatic N) is 2. The highest BCUT2D eigenvalue weighted by molar-refractivity contribution is 7.14. The van der Waals surface area contributed by atoms with Gasteiger partial charge >= 0.3 is 0 Å². The number of thiophene rings is 1. The molecule has 0 aromatic carbocycles. The van der Waals surface area contributed by atoms with Crippen LogP contribution in [0.3, 0.4) is 0 Å². The molecular weight excluding hydrogens is 284 g/mol. The number of nitriles is 1. The van der Waals surface area contributed by atoms with E-state index in [0.717, 1.165) is 45.3 Å². The lowest BCUT2D eigenvalue weighted by Crippen LogP contribution is -2.49. The van der Waals surface area contributed by atoms with E-state index in [4.69, 9.17) is 5.26 Å². The molecule has 0 bridgehead atoms. The highest BCUT2D eigenvalue weighted by Gasteiger charge is 2.35. The molecule has 21 heavy (non-hydrogen) atoms. The number of hydrogen-bond acceptors (Lipinski definition) is 5. The maximum absolute atomic E-state index is 12.6. The lowest BCUT2D eigenvalue weighted by molar-refractivity contribution is -0.121. The molecule has 3 rings (SSSR count). The quantitative estimate of drug-likeness (QED) is 0.893. The van der Waals surface area contributed by atoms with Crippen LogP contribution in [0.25, 0.3) is 0 Å². The van der Waals surface area contributed by atoms with E-state index in [0.29, 0.717) is 16.6 Å². The van der Waals surface area contributed by atoms with Crippen molar-refractivity contribution in [1.29, 1.82) is 5.26 Å². The summed E-state index contributed by atoms with van der Waals surface area (Å²) in [6.07, 6.45) is 4.24. The van der Waals surface area contributed by atoms with Gasteiger partial charge in [0.1, 0.15) is 11.1 Å². The Hall–Kier alpha value is -1.42. The Morgan fingerprint density at radius 3 is 3.00 bits per heavy atom. The largest absolute Gasteiger partial charge is 0.317 e. The summed E-state index contributed by atoms with van der Waals surface area (Å²) in [5.41, 5.74) is 0.555. The van der Waals surface area contributed by atoms with Crippen molar-refractivity contribution in [3.8, 4) is 6.07 Å². The van der Waals surface area contributed by atoms with Gasteiger partial charge in [0.05, 0.1) is 11.6 Å². The molecule has 2 N–H and O–H groups in total. The van der Waals surface area contributed by atoms with E-state index in [9.17, 15) is 4.79 Å². The molecule has 1 amide bonds. The molecule has 1 unspecified atom stereocenters. The zero-order valence-corrected chi connectivity index (χ0v) is 12.8. The van der Waals surface area contributed by atoms with Gasteiger partial charge in [-0.25, -0.2) is 0 Å². The fourth-order valence-electron chi connectivity index (χ4n) is 3.34. The molecule has 2 aliphatic heterocycles. The summed E-state index contributed by atoms with van der Waals surface area (Å²) in [7, 11) is 0. The van der Waals surface area contributed by atoms with Gasteiger partial charge in [-0.1, -0.05) is 0 Å². The van der Waals surface area contributed by atoms with Crippen LogP contribution in [-0.4, -0.2) is 42.5 Å². The average molecular weight is 304 g/mol. The summed E-state index contributed by atoms with van der Waals surface area (Å²) in [4.78, 5) is 14.9. The molecule has 2 saturated heterocycles. The van der Waals surface area contributed by atoms with Crippen LogP contribution >= 0.6 is 11.3 Å². The first-order chi connectivity index (χ1) is 10.3. The molecule has 1 aromatic rings. The number of carbonyl (C=O) groups excluding carboxylic acids is 1. The van der Waals surface area contributed by atoms with E-state index in [1.807, 2.05) is 5.38 Å². The first-order valence-corrected chi connectivity index (χ1v) is 8.42. The molecule has 3 heterocycles. The van der Waals surface area contributed by atoms with Crippen molar-refractivity contribution in [2.75, 3.05) is 25.0 Å². The third kappa shape index (κ3) is 3.10. The smallest absolute Gasteiger partial charge is 0.242 e. The predicted octanol–water partition coefficient (Wildman–Crippen LogP) is 1.77. The summed E-state index contributed by atoms with van der Waals surface area (Å²) in [6.45, 7) is 3.09. The molecule has 0 saturated carbocycles. The van der Waals surface area contributed by atoms with Crippen molar-refractivity contribution in [2.45, 2.75) is 37.8 Å². The van der Waals surface area contributed by atoms with E-state index < -0.39 is 0 Å². The molecular formula is C15H20N4OS. The lowest BCUT2D eigenvalue weighted by Gasteiger charge is -2.35.